The van der Waals surface area contributed by atoms with Gasteiger partial charge in [0.1, 0.15) is 5.15 Å². The smallest absolute Gasteiger partial charge is 0.227 e. The van der Waals surface area contributed by atoms with Crippen molar-refractivity contribution in [3.8, 4) is 0 Å². The minimum absolute atomic E-state index is 0.488. The highest BCUT2D eigenvalue weighted by molar-refractivity contribution is 9.10. The van der Waals surface area contributed by atoms with Crippen LogP contribution in [0.4, 0.5) is 5.95 Å². The van der Waals surface area contributed by atoms with E-state index in [1.54, 1.807) is 0 Å². The van der Waals surface area contributed by atoms with Gasteiger partial charge in [-0.25, -0.2) is 4.98 Å². The first-order valence-corrected chi connectivity index (χ1v) is 7.29. The third-order valence-corrected chi connectivity index (χ3v) is 4.10. The van der Waals surface area contributed by atoms with E-state index >= 15 is 0 Å². The van der Waals surface area contributed by atoms with Crippen LogP contribution in [0, 0.1) is 5.92 Å². The van der Waals surface area contributed by atoms with Gasteiger partial charge in [-0.15, -0.1) is 0 Å². The topological polar surface area (TPSA) is 38.2 Å². The molecule has 0 atom stereocenters. The van der Waals surface area contributed by atoms with Crippen molar-refractivity contribution in [2.24, 2.45) is 5.92 Å². The number of halogens is 2. The fourth-order valence-electron chi connectivity index (χ4n) is 1.88. The van der Waals surface area contributed by atoms with Crippen LogP contribution in [0.1, 0.15) is 19.5 Å². The molecule has 1 aromatic rings. The monoisotopic (exact) mass is 333 g/mol. The summed E-state index contributed by atoms with van der Waals surface area (Å²) in [5.41, 5.74) is 0.978. The third-order valence-electron chi connectivity index (χ3n) is 2.76. The van der Waals surface area contributed by atoms with Gasteiger partial charge in [0.25, 0.3) is 0 Å². The van der Waals surface area contributed by atoms with Crippen molar-refractivity contribution in [3.05, 3.63) is 15.3 Å². The molecule has 6 heteroatoms. The lowest BCUT2D eigenvalue weighted by molar-refractivity contribution is 0.122. The van der Waals surface area contributed by atoms with Crippen LogP contribution >= 0.6 is 27.5 Å². The molecule has 1 aliphatic rings. The average Bonchev–Trinajstić information content (AvgIpc) is 2.35. The summed E-state index contributed by atoms with van der Waals surface area (Å²) in [4.78, 5) is 11.1. The Hall–Kier alpha value is -0.390. The second-order valence-corrected chi connectivity index (χ2v) is 5.92. The van der Waals surface area contributed by atoms with E-state index in [1.807, 2.05) is 0 Å². The Bertz CT molecular complexity index is 422. The van der Waals surface area contributed by atoms with Crippen molar-refractivity contribution < 1.29 is 4.74 Å². The van der Waals surface area contributed by atoms with Gasteiger partial charge in [-0.1, -0.05) is 25.4 Å². The summed E-state index contributed by atoms with van der Waals surface area (Å²) in [7, 11) is 0. The van der Waals surface area contributed by atoms with Gasteiger partial charge in [0.15, 0.2) is 0 Å². The molecule has 18 heavy (non-hydrogen) atoms. The SMILES string of the molecule is CC(C)Cc1nc(N2CCOCC2)nc(Cl)c1Br. The molecule has 0 unspecified atom stereocenters. The summed E-state index contributed by atoms with van der Waals surface area (Å²) in [6, 6.07) is 0. The molecule has 1 saturated heterocycles. The van der Waals surface area contributed by atoms with E-state index in [2.05, 4.69) is 44.6 Å². The molecule has 0 N–H and O–H groups in total. The number of hydrogen-bond donors (Lipinski definition) is 0. The van der Waals surface area contributed by atoms with Crippen molar-refractivity contribution in [2.45, 2.75) is 20.3 Å². The number of rotatable bonds is 3. The van der Waals surface area contributed by atoms with Crippen LogP contribution in [0.2, 0.25) is 5.15 Å². The first-order valence-electron chi connectivity index (χ1n) is 6.12. The highest BCUT2D eigenvalue weighted by atomic mass is 79.9. The van der Waals surface area contributed by atoms with E-state index in [4.69, 9.17) is 16.3 Å². The lowest BCUT2D eigenvalue weighted by Gasteiger charge is -2.27. The highest BCUT2D eigenvalue weighted by Crippen LogP contribution is 2.27. The second kappa shape index (κ2) is 6.17. The van der Waals surface area contributed by atoms with Crippen LogP contribution in [0.15, 0.2) is 4.47 Å². The maximum absolute atomic E-state index is 6.17. The maximum atomic E-state index is 6.17. The normalized spacial score (nSPS) is 16.4. The highest BCUT2D eigenvalue weighted by Gasteiger charge is 2.18. The zero-order chi connectivity index (χ0) is 13.1. The number of morpholine rings is 1. The summed E-state index contributed by atoms with van der Waals surface area (Å²) in [6.45, 7) is 7.40. The molecule has 0 radical (unpaired) electrons. The molecule has 0 saturated carbocycles. The zero-order valence-corrected chi connectivity index (χ0v) is 13.0. The summed E-state index contributed by atoms with van der Waals surface area (Å²) in [5.74, 6) is 1.24. The summed E-state index contributed by atoms with van der Waals surface area (Å²) < 4.78 is 6.15. The maximum Gasteiger partial charge on any atom is 0.227 e. The molecule has 100 valence electrons. The van der Waals surface area contributed by atoms with E-state index in [0.29, 0.717) is 17.0 Å². The van der Waals surface area contributed by atoms with Crippen LogP contribution in [-0.4, -0.2) is 36.3 Å². The van der Waals surface area contributed by atoms with Gasteiger partial charge in [0.05, 0.1) is 23.4 Å². The predicted molar refractivity (Wildman–Crippen MR) is 76.3 cm³/mol. The van der Waals surface area contributed by atoms with Crippen molar-refractivity contribution in [2.75, 3.05) is 31.2 Å². The Kier molecular flexibility index (Phi) is 4.81. The van der Waals surface area contributed by atoms with Gasteiger partial charge in [-0.05, 0) is 28.3 Å². The van der Waals surface area contributed by atoms with E-state index < -0.39 is 0 Å². The largest absolute Gasteiger partial charge is 0.378 e. The first kappa shape index (κ1) is 14.0. The first-order chi connectivity index (χ1) is 8.58. The van der Waals surface area contributed by atoms with Gasteiger partial charge in [0.2, 0.25) is 5.95 Å². The standard InChI is InChI=1S/C12H17BrClN3O/c1-8(2)7-9-10(13)11(14)16-12(15-9)17-3-5-18-6-4-17/h8H,3-7H2,1-2H3. The van der Waals surface area contributed by atoms with Crippen LogP contribution in [0.25, 0.3) is 0 Å². The van der Waals surface area contributed by atoms with E-state index in [1.165, 1.54) is 0 Å². The van der Waals surface area contributed by atoms with Crippen LogP contribution < -0.4 is 4.90 Å². The van der Waals surface area contributed by atoms with Crippen LogP contribution in [0.5, 0.6) is 0 Å². The van der Waals surface area contributed by atoms with Crippen LogP contribution in [0.3, 0.4) is 0 Å². The number of ether oxygens (including phenoxy) is 1. The molecular formula is C12H17BrClN3O. The molecule has 2 heterocycles. The van der Waals surface area contributed by atoms with Gasteiger partial charge in [0, 0.05) is 13.1 Å². The molecule has 0 amide bonds. The minimum atomic E-state index is 0.488. The van der Waals surface area contributed by atoms with Gasteiger partial charge in [-0.2, -0.15) is 4.98 Å². The van der Waals surface area contributed by atoms with Crippen LogP contribution in [-0.2, 0) is 11.2 Å². The lowest BCUT2D eigenvalue weighted by Crippen LogP contribution is -2.37. The lowest BCUT2D eigenvalue weighted by atomic mass is 10.1. The van der Waals surface area contributed by atoms with Gasteiger partial charge in [-0.3, -0.25) is 0 Å². The van der Waals surface area contributed by atoms with E-state index in [-0.39, 0.29) is 0 Å². The molecule has 4 nitrogen and oxygen atoms in total. The van der Waals surface area contributed by atoms with Crippen molar-refractivity contribution in [1.29, 1.82) is 0 Å². The number of hydrogen-bond acceptors (Lipinski definition) is 4. The molecular weight excluding hydrogens is 318 g/mol. The van der Waals surface area contributed by atoms with Crippen molar-refractivity contribution in [3.63, 3.8) is 0 Å². The second-order valence-electron chi connectivity index (χ2n) is 4.77. The fraction of sp³-hybridized carbons (Fsp3) is 0.667. The Morgan fingerprint density at radius 3 is 2.61 bits per heavy atom. The minimum Gasteiger partial charge on any atom is -0.378 e. The van der Waals surface area contributed by atoms with E-state index in [0.717, 1.165) is 42.9 Å². The number of aromatic nitrogens is 2. The van der Waals surface area contributed by atoms with Crippen molar-refractivity contribution in [1.82, 2.24) is 9.97 Å². The predicted octanol–water partition coefficient (Wildman–Crippen LogP) is 2.93. The summed E-state index contributed by atoms with van der Waals surface area (Å²) in [6.07, 6.45) is 0.889. The molecule has 0 aliphatic carbocycles. The van der Waals surface area contributed by atoms with Gasteiger partial charge >= 0.3 is 0 Å². The number of anilines is 1. The van der Waals surface area contributed by atoms with Crippen molar-refractivity contribution >= 4 is 33.5 Å². The zero-order valence-electron chi connectivity index (χ0n) is 10.6. The molecule has 0 spiro atoms. The van der Waals surface area contributed by atoms with E-state index in [9.17, 15) is 0 Å². The molecule has 2 rings (SSSR count). The summed E-state index contributed by atoms with van der Waals surface area (Å²) >= 11 is 9.63. The molecule has 0 aromatic carbocycles. The Morgan fingerprint density at radius 1 is 1.33 bits per heavy atom. The molecule has 1 fully saturated rings. The summed E-state index contributed by atoms with van der Waals surface area (Å²) in [5, 5.41) is 0.488. The molecule has 1 aliphatic heterocycles. The fourth-order valence-corrected chi connectivity index (χ4v) is 2.40. The molecule has 0 bridgehead atoms. The van der Waals surface area contributed by atoms with Gasteiger partial charge < -0.3 is 9.64 Å². The Balaban J connectivity index is 2.27. The third kappa shape index (κ3) is 3.33. The Labute approximate surface area is 121 Å². The number of nitrogens with zero attached hydrogens (tertiary/aromatic N) is 3. The quantitative estimate of drug-likeness (QED) is 0.797. The Morgan fingerprint density at radius 2 is 2.00 bits per heavy atom. The molecule has 1 aromatic heterocycles. The average molecular weight is 335 g/mol.